The van der Waals surface area contributed by atoms with Crippen LogP contribution in [0.4, 0.5) is 5.69 Å². The number of esters is 1. The van der Waals surface area contributed by atoms with Crippen LogP contribution in [0, 0.1) is 0 Å². The lowest BCUT2D eigenvalue weighted by Crippen LogP contribution is -2.02. The third kappa shape index (κ3) is 3.12. The Bertz CT molecular complexity index is 1040. The summed E-state index contributed by atoms with van der Waals surface area (Å²) < 4.78 is 6.55. The van der Waals surface area contributed by atoms with Crippen LogP contribution in [-0.4, -0.2) is 37.5 Å². The molecule has 0 spiro atoms. The molecule has 26 heavy (non-hydrogen) atoms. The van der Waals surface area contributed by atoms with Gasteiger partial charge in [0.2, 0.25) is 0 Å². The zero-order valence-corrected chi connectivity index (χ0v) is 14.0. The Morgan fingerprint density at radius 3 is 2.58 bits per heavy atom. The second kappa shape index (κ2) is 6.67. The SMILES string of the molecule is COC(=O)c1ccc2nc(CNc3ccc(-n4nccn4)cc3)cn2c1. The van der Waals surface area contributed by atoms with Crippen LogP contribution in [0.2, 0.25) is 0 Å². The first-order chi connectivity index (χ1) is 12.7. The number of carbonyl (C=O) groups excluding carboxylic acids is 1. The van der Waals surface area contributed by atoms with E-state index < -0.39 is 0 Å². The van der Waals surface area contributed by atoms with Crippen molar-refractivity contribution in [2.75, 3.05) is 12.4 Å². The highest BCUT2D eigenvalue weighted by Gasteiger charge is 2.08. The second-order valence-electron chi connectivity index (χ2n) is 5.63. The van der Waals surface area contributed by atoms with E-state index in [1.807, 2.05) is 34.9 Å². The molecule has 1 aromatic carbocycles. The van der Waals surface area contributed by atoms with Crippen LogP contribution in [0.1, 0.15) is 16.1 Å². The number of anilines is 1. The van der Waals surface area contributed by atoms with Crippen LogP contribution in [0.25, 0.3) is 11.3 Å². The fraction of sp³-hybridized carbons (Fsp3) is 0.111. The van der Waals surface area contributed by atoms with E-state index in [1.54, 1.807) is 35.5 Å². The van der Waals surface area contributed by atoms with Crippen molar-refractivity contribution in [3.8, 4) is 5.69 Å². The molecule has 1 N–H and O–H groups in total. The van der Waals surface area contributed by atoms with Gasteiger partial charge < -0.3 is 14.5 Å². The number of carbonyl (C=O) groups is 1. The zero-order valence-electron chi connectivity index (χ0n) is 14.0. The van der Waals surface area contributed by atoms with Crippen LogP contribution < -0.4 is 5.32 Å². The number of methoxy groups -OCH3 is 1. The van der Waals surface area contributed by atoms with Gasteiger partial charge >= 0.3 is 5.97 Å². The van der Waals surface area contributed by atoms with Gasteiger partial charge in [-0.2, -0.15) is 15.0 Å². The van der Waals surface area contributed by atoms with Gasteiger partial charge in [0.25, 0.3) is 0 Å². The minimum absolute atomic E-state index is 0.368. The van der Waals surface area contributed by atoms with Crippen molar-refractivity contribution in [1.82, 2.24) is 24.4 Å². The van der Waals surface area contributed by atoms with E-state index in [4.69, 9.17) is 4.74 Å². The largest absolute Gasteiger partial charge is 0.465 e. The van der Waals surface area contributed by atoms with Crippen LogP contribution in [0.15, 0.2) is 61.2 Å². The predicted octanol–water partition coefficient (Wildman–Crippen LogP) is 2.31. The maximum Gasteiger partial charge on any atom is 0.339 e. The van der Waals surface area contributed by atoms with Gasteiger partial charge in [-0.3, -0.25) is 0 Å². The van der Waals surface area contributed by atoms with Gasteiger partial charge in [-0.15, -0.1) is 0 Å². The molecule has 3 aromatic heterocycles. The van der Waals surface area contributed by atoms with E-state index in [0.717, 1.165) is 22.7 Å². The molecule has 0 radical (unpaired) electrons. The fourth-order valence-electron chi connectivity index (χ4n) is 2.62. The van der Waals surface area contributed by atoms with Crippen molar-refractivity contribution < 1.29 is 9.53 Å². The number of hydrogen-bond acceptors (Lipinski definition) is 6. The number of fused-ring (bicyclic) bond motifs is 1. The summed E-state index contributed by atoms with van der Waals surface area (Å²) in [5, 5.41) is 11.5. The molecule has 0 aliphatic rings. The van der Waals surface area contributed by atoms with E-state index in [9.17, 15) is 4.79 Å². The van der Waals surface area contributed by atoms with E-state index in [2.05, 4.69) is 20.5 Å². The highest BCUT2D eigenvalue weighted by Crippen LogP contribution is 2.14. The molecule has 0 saturated carbocycles. The number of benzene rings is 1. The van der Waals surface area contributed by atoms with Crippen LogP contribution in [0.5, 0.6) is 0 Å². The number of nitrogens with zero attached hydrogens (tertiary/aromatic N) is 5. The molecule has 0 saturated heterocycles. The Hall–Kier alpha value is -3.68. The average molecular weight is 348 g/mol. The number of ether oxygens (including phenoxy) is 1. The summed E-state index contributed by atoms with van der Waals surface area (Å²) in [6, 6.07) is 11.3. The third-order valence-electron chi connectivity index (χ3n) is 3.91. The number of aromatic nitrogens is 5. The predicted molar refractivity (Wildman–Crippen MR) is 95.2 cm³/mol. The summed E-state index contributed by atoms with van der Waals surface area (Å²) >= 11 is 0. The number of nitrogens with one attached hydrogen (secondary N) is 1. The summed E-state index contributed by atoms with van der Waals surface area (Å²) in [5.41, 5.74) is 3.98. The van der Waals surface area contributed by atoms with E-state index in [1.165, 1.54) is 7.11 Å². The molecule has 0 fully saturated rings. The summed E-state index contributed by atoms with van der Waals surface area (Å²) in [6.45, 7) is 0.564. The van der Waals surface area contributed by atoms with Crippen molar-refractivity contribution in [1.29, 1.82) is 0 Å². The van der Waals surface area contributed by atoms with Gasteiger partial charge in [-0.05, 0) is 36.4 Å². The lowest BCUT2D eigenvalue weighted by molar-refractivity contribution is 0.0600. The molecule has 0 amide bonds. The van der Waals surface area contributed by atoms with Crippen molar-refractivity contribution in [2.24, 2.45) is 0 Å². The molecule has 0 unspecified atom stereocenters. The molecule has 0 bridgehead atoms. The van der Waals surface area contributed by atoms with E-state index in [0.29, 0.717) is 12.1 Å². The fourth-order valence-corrected chi connectivity index (χ4v) is 2.62. The molecule has 8 heteroatoms. The van der Waals surface area contributed by atoms with Gasteiger partial charge in [0, 0.05) is 18.1 Å². The third-order valence-corrected chi connectivity index (χ3v) is 3.91. The van der Waals surface area contributed by atoms with Crippen molar-refractivity contribution in [2.45, 2.75) is 6.54 Å². The highest BCUT2D eigenvalue weighted by molar-refractivity contribution is 5.89. The molecule has 0 aliphatic carbocycles. The summed E-state index contributed by atoms with van der Waals surface area (Å²) in [4.78, 5) is 17.7. The zero-order chi connectivity index (χ0) is 17.9. The topological polar surface area (TPSA) is 86.3 Å². The molecule has 4 rings (SSSR count). The van der Waals surface area contributed by atoms with Gasteiger partial charge in [0.05, 0.1) is 43.0 Å². The molecule has 4 aromatic rings. The quantitative estimate of drug-likeness (QED) is 0.557. The maximum atomic E-state index is 11.6. The van der Waals surface area contributed by atoms with Gasteiger partial charge in [0.15, 0.2) is 0 Å². The first-order valence-electron chi connectivity index (χ1n) is 7.99. The highest BCUT2D eigenvalue weighted by atomic mass is 16.5. The minimum atomic E-state index is -0.368. The summed E-state index contributed by atoms with van der Waals surface area (Å²) in [6.07, 6.45) is 6.88. The summed E-state index contributed by atoms with van der Waals surface area (Å²) in [7, 11) is 1.36. The minimum Gasteiger partial charge on any atom is -0.465 e. The van der Waals surface area contributed by atoms with E-state index in [-0.39, 0.29) is 5.97 Å². The molecule has 130 valence electrons. The monoisotopic (exact) mass is 348 g/mol. The average Bonchev–Trinajstić information content (AvgIpc) is 3.35. The molecule has 8 nitrogen and oxygen atoms in total. The lowest BCUT2D eigenvalue weighted by atomic mass is 10.3. The normalized spacial score (nSPS) is 10.8. The van der Waals surface area contributed by atoms with Gasteiger partial charge in [-0.25, -0.2) is 9.78 Å². The van der Waals surface area contributed by atoms with Crippen molar-refractivity contribution in [3.63, 3.8) is 0 Å². The Labute approximate surface area is 149 Å². The second-order valence-corrected chi connectivity index (χ2v) is 5.63. The van der Waals surface area contributed by atoms with Crippen LogP contribution in [-0.2, 0) is 11.3 Å². The Morgan fingerprint density at radius 1 is 1.08 bits per heavy atom. The van der Waals surface area contributed by atoms with Crippen molar-refractivity contribution in [3.05, 3.63) is 72.4 Å². The number of rotatable bonds is 5. The number of hydrogen-bond donors (Lipinski definition) is 1. The van der Waals surface area contributed by atoms with Crippen molar-refractivity contribution >= 4 is 17.3 Å². The molecule has 3 heterocycles. The van der Waals surface area contributed by atoms with Crippen LogP contribution in [0.3, 0.4) is 0 Å². The first-order valence-corrected chi connectivity index (χ1v) is 7.99. The molecular weight excluding hydrogens is 332 g/mol. The standard InChI is InChI=1S/C18H16N6O2/c1-26-18(25)13-2-7-17-22-15(12-23(17)11-13)10-19-14-3-5-16(6-4-14)24-20-8-9-21-24/h2-9,11-12,19H,10H2,1H3. The summed E-state index contributed by atoms with van der Waals surface area (Å²) in [5.74, 6) is -0.368. The number of imidazole rings is 1. The lowest BCUT2D eigenvalue weighted by Gasteiger charge is -2.05. The number of pyridine rings is 1. The van der Waals surface area contributed by atoms with Gasteiger partial charge in [0.1, 0.15) is 5.65 Å². The Kier molecular flexibility index (Phi) is 4.06. The molecular formula is C18H16N6O2. The first kappa shape index (κ1) is 15.8. The van der Waals surface area contributed by atoms with Gasteiger partial charge in [-0.1, -0.05) is 0 Å². The van der Waals surface area contributed by atoms with Crippen LogP contribution >= 0.6 is 0 Å². The maximum absolute atomic E-state index is 11.6. The smallest absolute Gasteiger partial charge is 0.339 e. The Morgan fingerprint density at radius 2 is 1.85 bits per heavy atom. The van der Waals surface area contributed by atoms with E-state index >= 15 is 0 Å². The Balaban J connectivity index is 1.46. The molecule has 0 atom stereocenters. The molecule has 0 aliphatic heterocycles.